The molecular formula is C76H141NO13. The number of unbranched alkanes of at least 4 members (excludes halogenated alkanes) is 42. The SMILES string of the molecule is CC/C=C\C/C=C\C/C=C\C/C=C\CCCCCCCCCCCCCCCCC(=O)NC(COC1OC(CO)C(OC2OC(CO)C(O)C(O)C2O)C(O)C1O)C(O)CCCCCCCCCCCCCCCCCCCCCCCCCCCCCCC. The molecule has 9 N–H and O–H groups in total. The van der Waals surface area contributed by atoms with E-state index in [2.05, 4.69) is 67.8 Å². The monoisotopic (exact) mass is 1280 g/mol. The molecule has 2 fully saturated rings. The number of aliphatic hydroxyl groups is 8. The number of rotatable bonds is 63. The van der Waals surface area contributed by atoms with Gasteiger partial charge in [0.1, 0.15) is 48.8 Å². The second kappa shape index (κ2) is 60.6. The Balaban J connectivity index is 1.63. The van der Waals surface area contributed by atoms with E-state index in [1.54, 1.807) is 0 Å². The Labute approximate surface area is 550 Å². The zero-order valence-electron chi connectivity index (χ0n) is 57.6. The van der Waals surface area contributed by atoms with Crippen molar-refractivity contribution >= 4 is 5.91 Å². The van der Waals surface area contributed by atoms with E-state index in [-0.39, 0.29) is 12.5 Å². The van der Waals surface area contributed by atoms with Crippen LogP contribution in [-0.4, -0.2) is 140 Å². The molecule has 0 aromatic carbocycles. The number of amides is 1. The fourth-order valence-corrected chi connectivity index (χ4v) is 12.6. The van der Waals surface area contributed by atoms with Crippen LogP contribution < -0.4 is 5.32 Å². The summed E-state index contributed by atoms with van der Waals surface area (Å²) in [6.07, 6.45) is 62.8. The minimum atomic E-state index is -1.78. The van der Waals surface area contributed by atoms with Gasteiger partial charge in [0.15, 0.2) is 12.6 Å². The molecule has 12 atom stereocenters. The van der Waals surface area contributed by atoms with Crippen molar-refractivity contribution in [3.8, 4) is 0 Å². The van der Waals surface area contributed by atoms with Crippen LogP contribution in [0.15, 0.2) is 48.6 Å². The molecule has 528 valence electrons. The first-order valence-electron chi connectivity index (χ1n) is 37.9. The van der Waals surface area contributed by atoms with Crippen molar-refractivity contribution in [2.45, 2.75) is 408 Å². The highest BCUT2D eigenvalue weighted by Gasteiger charge is 2.51. The molecule has 2 aliphatic heterocycles. The van der Waals surface area contributed by atoms with Crippen LogP contribution in [0.3, 0.4) is 0 Å². The van der Waals surface area contributed by atoms with Gasteiger partial charge in [-0.3, -0.25) is 4.79 Å². The van der Waals surface area contributed by atoms with Crippen molar-refractivity contribution in [1.82, 2.24) is 5.32 Å². The van der Waals surface area contributed by atoms with E-state index in [0.29, 0.717) is 12.8 Å². The maximum atomic E-state index is 13.4. The quantitative estimate of drug-likeness (QED) is 0.0204. The van der Waals surface area contributed by atoms with Crippen molar-refractivity contribution in [2.75, 3.05) is 19.8 Å². The van der Waals surface area contributed by atoms with Gasteiger partial charge < -0.3 is 65.1 Å². The second-order valence-electron chi connectivity index (χ2n) is 26.8. The number of hydrogen-bond acceptors (Lipinski definition) is 13. The van der Waals surface area contributed by atoms with Crippen LogP contribution >= 0.6 is 0 Å². The Morgan fingerprint density at radius 2 is 0.767 bits per heavy atom. The van der Waals surface area contributed by atoms with E-state index in [1.165, 1.54) is 231 Å². The summed E-state index contributed by atoms with van der Waals surface area (Å²) >= 11 is 0. The molecule has 0 saturated carbocycles. The van der Waals surface area contributed by atoms with Gasteiger partial charge in [-0.15, -0.1) is 0 Å². The predicted molar refractivity (Wildman–Crippen MR) is 369 cm³/mol. The summed E-state index contributed by atoms with van der Waals surface area (Å²) < 4.78 is 23.0. The van der Waals surface area contributed by atoms with Crippen molar-refractivity contribution in [2.24, 2.45) is 0 Å². The van der Waals surface area contributed by atoms with E-state index in [9.17, 15) is 45.6 Å². The van der Waals surface area contributed by atoms with Crippen molar-refractivity contribution in [3.63, 3.8) is 0 Å². The van der Waals surface area contributed by atoms with E-state index in [4.69, 9.17) is 18.9 Å². The molecule has 12 unspecified atom stereocenters. The van der Waals surface area contributed by atoms with Crippen LogP contribution in [0.25, 0.3) is 0 Å². The number of allylic oxidation sites excluding steroid dienone is 8. The molecule has 1 amide bonds. The Hall–Kier alpha value is -2.05. The predicted octanol–water partition coefficient (Wildman–Crippen LogP) is 16.2. The van der Waals surface area contributed by atoms with Crippen LogP contribution in [-0.2, 0) is 23.7 Å². The number of ether oxygens (including phenoxy) is 4. The Morgan fingerprint density at radius 3 is 1.18 bits per heavy atom. The molecule has 0 radical (unpaired) electrons. The maximum Gasteiger partial charge on any atom is 0.220 e. The van der Waals surface area contributed by atoms with Crippen LogP contribution in [0.2, 0.25) is 0 Å². The molecule has 0 bridgehead atoms. The van der Waals surface area contributed by atoms with Crippen molar-refractivity contribution < 1.29 is 64.6 Å². The zero-order valence-corrected chi connectivity index (χ0v) is 57.6. The average molecular weight is 1280 g/mol. The van der Waals surface area contributed by atoms with E-state index in [0.717, 1.165) is 77.0 Å². The molecule has 0 aromatic heterocycles. The largest absolute Gasteiger partial charge is 0.394 e. The summed E-state index contributed by atoms with van der Waals surface area (Å²) in [7, 11) is 0. The fourth-order valence-electron chi connectivity index (χ4n) is 12.6. The van der Waals surface area contributed by atoms with Gasteiger partial charge in [0.25, 0.3) is 0 Å². The Kier molecular flexibility index (Phi) is 56.6. The second-order valence-corrected chi connectivity index (χ2v) is 26.8. The van der Waals surface area contributed by atoms with Crippen LogP contribution in [0.4, 0.5) is 0 Å². The third kappa shape index (κ3) is 43.8. The summed E-state index contributed by atoms with van der Waals surface area (Å²) in [4.78, 5) is 13.4. The number of carbonyl (C=O) groups is 1. The lowest BCUT2D eigenvalue weighted by Gasteiger charge is -2.46. The topological polar surface area (TPSA) is 228 Å². The average Bonchev–Trinajstić information content (AvgIpc) is 1.41. The standard InChI is InChI=1S/C76H141NO13/c1-3-5-7-9-11-13-15-17-19-21-23-25-27-29-31-32-34-35-37-39-41-43-45-47-49-51-53-55-57-59-65(80)64(63-87-75-73(86)71(84)74(67(62-79)89-75)90-76-72(85)70(83)69(82)66(61-78)88-76)77-68(81)60-58-56-54-52-50-48-46-44-42-40-38-36-33-30-28-26-24-22-20-18-16-14-12-10-8-6-4-2/h6,8,12,14,18,20,24,26,64-67,69-76,78-80,82-86H,3-5,7,9-11,13,15-17,19,21-23,25,27-63H2,1-2H3,(H,77,81)/b8-6-,14-12-,20-18-,26-24-. The van der Waals surface area contributed by atoms with E-state index in [1.807, 2.05) is 0 Å². The van der Waals surface area contributed by atoms with Crippen LogP contribution in [0, 0.1) is 0 Å². The first-order chi connectivity index (χ1) is 44.1. The normalized spacial score (nSPS) is 23.1. The lowest BCUT2D eigenvalue weighted by molar-refractivity contribution is -0.359. The molecule has 14 nitrogen and oxygen atoms in total. The zero-order chi connectivity index (χ0) is 65.2. The van der Waals surface area contributed by atoms with Crippen LogP contribution in [0.1, 0.15) is 335 Å². The van der Waals surface area contributed by atoms with Gasteiger partial charge in [-0.1, -0.05) is 326 Å². The number of carbonyl (C=O) groups excluding carboxylic acids is 1. The summed E-state index contributed by atoms with van der Waals surface area (Å²) in [6.45, 7) is 2.80. The Bertz CT molecular complexity index is 1690. The van der Waals surface area contributed by atoms with Gasteiger partial charge >= 0.3 is 0 Å². The Morgan fingerprint density at radius 1 is 0.411 bits per heavy atom. The van der Waals surface area contributed by atoms with Gasteiger partial charge in [0, 0.05) is 6.42 Å². The third-order valence-corrected chi connectivity index (χ3v) is 18.6. The van der Waals surface area contributed by atoms with E-state index >= 15 is 0 Å². The number of nitrogens with one attached hydrogen (secondary N) is 1. The summed E-state index contributed by atoms with van der Waals surface area (Å²) in [5, 5.41) is 87.8. The van der Waals surface area contributed by atoms with Gasteiger partial charge in [-0.25, -0.2) is 0 Å². The molecule has 0 spiro atoms. The lowest BCUT2D eigenvalue weighted by Crippen LogP contribution is -2.65. The molecule has 2 heterocycles. The first kappa shape index (κ1) is 84.0. The first-order valence-corrected chi connectivity index (χ1v) is 37.9. The lowest BCUT2D eigenvalue weighted by atomic mass is 9.97. The van der Waals surface area contributed by atoms with Gasteiger partial charge in [0.2, 0.25) is 5.91 Å². The van der Waals surface area contributed by atoms with Gasteiger partial charge in [-0.05, 0) is 51.4 Å². The van der Waals surface area contributed by atoms with Crippen LogP contribution in [0.5, 0.6) is 0 Å². The highest BCUT2D eigenvalue weighted by molar-refractivity contribution is 5.76. The van der Waals surface area contributed by atoms with Crippen molar-refractivity contribution in [1.29, 1.82) is 0 Å². The molecular weight excluding hydrogens is 1130 g/mol. The fraction of sp³-hybridized carbons (Fsp3) is 0.882. The minimum Gasteiger partial charge on any atom is -0.394 e. The highest BCUT2D eigenvalue weighted by atomic mass is 16.7. The minimum absolute atomic E-state index is 0.203. The summed E-state index contributed by atoms with van der Waals surface area (Å²) in [5.74, 6) is -0.203. The third-order valence-electron chi connectivity index (χ3n) is 18.6. The number of aliphatic hydroxyl groups excluding tert-OH is 8. The molecule has 14 heteroatoms. The van der Waals surface area contributed by atoms with E-state index < -0.39 is 86.8 Å². The molecule has 2 aliphatic rings. The van der Waals surface area contributed by atoms with Gasteiger partial charge in [-0.2, -0.15) is 0 Å². The van der Waals surface area contributed by atoms with Crippen molar-refractivity contribution in [3.05, 3.63) is 48.6 Å². The summed E-state index contributed by atoms with van der Waals surface area (Å²) in [5.41, 5.74) is 0. The molecule has 0 aromatic rings. The van der Waals surface area contributed by atoms with Gasteiger partial charge in [0.05, 0.1) is 32.0 Å². The smallest absolute Gasteiger partial charge is 0.220 e. The highest BCUT2D eigenvalue weighted by Crippen LogP contribution is 2.30. The molecule has 90 heavy (non-hydrogen) atoms. The molecule has 2 saturated heterocycles. The molecule has 2 rings (SSSR count). The molecule has 0 aliphatic carbocycles. The number of hydrogen-bond donors (Lipinski definition) is 9. The summed E-state index contributed by atoms with van der Waals surface area (Å²) in [6, 6.07) is -0.832. The maximum absolute atomic E-state index is 13.4.